The minimum Gasteiger partial charge on any atom is -0.311 e. The number of hydrogen-bond acceptors (Lipinski definition) is 2. The van der Waals surface area contributed by atoms with Crippen molar-refractivity contribution in [3.8, 4) is 0 Å². The molecule has 0 aromatic carbocycles. The number of nitrogens with zero attached hydrogens (tertiary/aromatic N) is 1. The van der Waals surface area contributed by atoms with Crippen LogP contribution in [-0.2, 0) is 0 Å². The summed E-state index contributed by atoms with van der Waals surface area (Å²) in [6, 6.07) is 3.32. The van der Waals surface area contributed by atoms with Crippen molar-refractivity contribution >= 4 is 0 Å². The fourth-order valence-electron chi connectivity index (χ4n) is 3.87. The Morgan fingerprint density at radius 2 is 1.75 bits per heavy atom. The Morgan fingerprint density at radius 3 is 2.31 bits per heavy atom. The lowest BCUT2D eigenvalue weighted by molar-refractivity contribution is 0.143. The molecule has 2 heteroatoms. The lowest BCUT2D eigenvalue weighted by atomic mass is 9.96. The monoisotopic (exact) mass is 222 g/mol. The number of piperidine rings is 1. The zero-order valence-corrected chi connectivity index (χ0v) is 10.8. The topological polar surface area (TPSA) is 15.3 Å². The molecule has 2 heterocycles. The normalized spacial score (nSPS) is 41.2. The van der Waals surface area contributed by atoms with Crippen LogP contribution >= 0.6 is 0 Å². The molecule has 0 radical (unpaired) electrons. The number of nitrogens with one attached hydrogen (secondary N) is 1. The van der Waals surface area contributed by atoms with Crippen LogP contribution in [0.25, 0.3) is 0 Å². The molecule has 3 aliphatic rings. The fourth-order valence-corrected chi connectivity index (χ4v) is 3.87. The Kier molecular flexibility index (Phi) is 2.97. The summed E-state index contributed by atoms with van der Waals surface area (Å²) in [5.41, 5.74) is 0. The standard InChI is InChI=1S/C14H26N2/c1-10(7-11-3-4-11)15-12-8-13-5-6-14(9-12)16(13)2/h10-15H,3-9H2,1-2H3. The first-order valence-corrected chi connectivity index (χ1v) is 7.20. The summed E-state index contributed by atoms with van der Waals surface area (Å²) in [7, 11) is 2.33. The molecule has 2 aliphatic heterocycles. The van der Waals surface area contributed by atoms with Crippen molar-refractivity contribution < 1.29 is 0 Å². The maximum absolute atomic E-state index is 3.88. The van der Waals surface area contributed by atoms with Crippen LogP contribution in [0, 0.1) is 5.92 Å². The first kappa shape index (κ1) is 11.0. The molecular formula is C14H26N2. The number of rotatable bonds is 4. The summed E-state index contributed by atoms with van der Waals surface area (Å²) >= 11 is 0. The third-order valence-corrected chi connectivity index (χ3v) is 5.00. The highest BCUT2D eigenvalue weighted by molar-refractivity contribution is 4.96. The van der Waals surface area contributed by atoms with Crippen molar-refractivity contribution in [2.45, 2.75) is 76.0 Å². The Balaban J connectivity index is 1.48. The predicted octanol–water partition coefficient (Wildman–Crippen LogP) is 2.39. The van der Waals surface area contributed by atoms with E-state index in [-0.39, 0.29) is 0 Å². The van der Waals surface area contributed by atoms with Gasteiger partial charge in [-0.05, 0) is 52.0 Å². The maximum atomic E-state index is 3.88. The van der Waals surface area contributed by atoms with Crippen molar-refractivity contribution in [3.63, 3.8) is 0 Å². The molecule has 3 fully saturated rings. The molecule has 0 aromatic rings. The van der Waals surface area contributed by atoms with Crippen molar-refractivity contribution in [2.75, 3.05) is 7.05 Å². The summed E-state index contributed by atoms with van der Waals surface area (Å²) in [5, 5.41) is 3.88. The zero-order chi connectivity index (χ0) is 11.1. The average Bonchev–Trinajstić information content (AvgIpc) is 2.99. The smallest absolute Gasteiger partial charge is 0.0111 e. The first-order valence-electron chi connectivity index (χ1n) is 7.20. The molecule has 0 spiro atoms. The summed E-state index contributed by atoms with van der Waals surface area (Å²) in [6.07, 6.45) is 10.1. The van der Waals surface area contributed by atoms with Crippen LogP contribution in [-0.4, -0.2) is 36.1 Å². The minimum absolute atomic E-state index is 0.750. The molecule has 2 nitrogen and oxygen atoms in total. The average molecular weight is 222 g/mol. The summed E-state index contributed by atoms with van der Waals surface area (Å²) < 4.78 is 0. The Labute approximate surface area is 99.8 Å². The van der Waals surface area contributed by atoms with Crippen molar-refractivity contribution in [1.82, 2.24) is 10.2 Å². The fraction of sp³-hybridized carbons (Fsp3) is 1.00. The van der Waals surface area contributed by atoms with E-state index in [0.717, 1.165) is 30.1 Å². The van der Waals surface area contributed by atoms with E-state index in [1.807, 2.05) is 0 Å². The molecule has 3 atom stereocenters. The molecule has 1 saturated carbocycles. The van der Waals surface area contributed by atoms with E-state index in [1.54, 1.807) is 0 Å². The quantitative estimate of drug-likeness (QED) is 0.786. The molecule has 3 rings (SSSR count). The number of hydrogen-bond donors (Lipinski definition) is 1. The second-order valence-electron chi connectivity index (χ2n) is 6.47. The SMILES string of the molecule is CC(CC1CC1)NC1CC2CCC(C1)N2C. The van der Waals surface area contributed by atoms with Crippen LogP contribution in [0.1, 0.15) is 51.9 Å². The Hall–Kier alpha value is -0.0800. The molecule has 1 aliphatic carbocycles. The summed E-state index contributed by atoms with van der Waals surface area (Å²) in [5.74, 6) is 1.06. The molecule has 2 saturated heterocycles. The van der Waals surface area contributed by atoms with E-state index in [4.69, 9.17) is 0 Å². The van der Waals surface area contributed by atoms with Crippen LogP contribution in [0.4, 0.5) is 0 Å². The molecule has 2 bridgehead atoms. The summed E-state index contributed by atoms with van der Waals surface area (Å²) in [6.45, 7) is 2.39. The van der Waals surface area contributed by atoms with Gasteiger partial charge in [0.2, 0.25) is 0 Å². The van der Waals surface area contributed by atoms with E-state index < -0.39 is 0 Å². The molecule has 0 aromatic heterocycles. The van der Waals surface area contributed by atoms with Gasteiger partial charge in [-0.25, -0.2) is 0 Å². The second-order valence-corrected chi connectivity index (χ2v) is 6.47. The van der Waals surface area contributed by atoms with Gasteiger partial charge < -0.3 is 10.2 Å². The molecule has 3 unspecified atom stereocenters. The minimum atomic E-state index is 0.750. The molecular weight excluding hydrogens is 196 g/mol. The van der Waals surface area contributed by atoms with Crippen molar-refractivity contribution in [3.05, 3.63) is 0 Å². The zero-order valence-electron chi connectivity index (χ0n) is 10.8. The van der Waals surface area contributed by atoms with Crippen molar-refractivity contribution in [2.24, 2.45) is 5.92 Å². The number of fused-ring (bicyclic) bond motifs is 2. The highest BCUT2D eigenvalue weighted by Gasteiger charge is 2.38. The lowest BCUT2D eigenvalue weighted by Crippen LogP contribution is -2.49. The van der Waals surface area contributed by atoms with Crippen LogP contribution in [0.5, 0.6) is 0 Å². The first-order chi connectivity index (χ1) is 7.72. The van der Waals surface area contributed by atoms with Crippen LogP contribution in [0.15, 0.2) is 0 Å². The van der Waals surface area contributed by atoms with Crippen molar-refractivity contribution in [1.29, 1.82) is 0 Å². The van der Waals surface area contributed by atoms with Gasteiger partial charge in [-0.2, -0.15) is 0 Å². The molecule has 0 amide bonds. The third-order valence-electron chi connectivity index (χ3n) is 5.00. The Morgan fingerprint density at radius 1 is 1.12 bits per heavy atom. The maximum Gasteiger partial charge on any atom is 0.0111 e. The van der Waals surface area contributed by atoms with Crippen LogP contribution in [0.2, 0.25) is 0 Å². The molecule has 1 N–H and O–H groups in total. The van der Waals surface area contributed by atoms with Gasteiger partial charge in [0.1, 0.15) is 0 Å². The second kappa shape index (κ2) is 4.30. The van der Waals surface area contributed by atoms with Gasteiger partial charge in [-0.3, -0.25) is 0 Å². The Bertz CT molecular complexity index is 235. The van der Waals surface area contributed by atoms with Gasteiger partial charge in [0, 0.05) is 24.2 Å². The van der Waals surface area contributed by atoms with Gasteiger partial charge in [-0.15, -0.1) is 0 Å². The predicted molar refractivity (Wildman–Crippen MR) is 67.5 cm³/mol. The van der Waals surface area contributed by atoms with Crippen LogP contribution in [0.3, 0.4) is 0 Å². The van der Waals surface area contributed by atoms with Gasteiger partial charge in [0.15, 0.2) is 0 Å². The van der Waals surface area contributed by atoms with E-state index in [2.05, 4.69) is 24.2 Å². The van der Waals surface area contributed by atoms with Gasteiger partial charge >= 0.3 is 0 Å². The lowest BCUT2D eigenvalue weighted by Gasteiger charge is -2.38. The van der Waals surface area contributed by atoms with E-state index >= 15 is 0 Å². The van der Waals surface area contributed by atoms with Gasteiger partial charge in [0.25, 0.3) is 0 Å². The van der Waals surface area contributed by atoms with Crippen LogP contribution < -0.4 is 5.32 Å². The highest BCUT2D eigenvalue weighted by atomic mass is 15.2. The van der Waals surface area contributed by atoms with E-state index in [1.165, 1.54) is 44.9 Å². The third kappa shape index (κ3) is 2.28. The van der Waals surface area contributed by atoms with Gasteiger partial charge in [-0.1, -0.05) is 12.8 Å². The summed E-state index contributed by atoms with van der Waals surface area (Å²) in [4.78, 5) is 2.63. The largest absolute Gasteiger partial charge is 0.311 e. The van der Waals surface area contributed by atoms with Gasteiger partial charge in [0.05, 0.1) is 0 Å². The highest BCUT2D eigenvalue weighted by Crippen LogP contribution is 2.36. The molecule has 92 valence electrons. The van der Waals surface area contributed by atoms with E-state index in [9.17, 15) is 0 Å². The van der Waals surface area contributed by atoms with E-state index in [0.29, 0.717) is 0 Å². The molecule has 16 heavy (non-hydrogen) atoms.